The number of benzene rings is 2. The van der Waals surface area contributed by atoms with E-state index in [4.69, 9.17) is 9.47 Å². The molecule has 2 rings (SSSR count). The predicted molar refractivity (Wildman–Crippen MR) is 87.6 cm³/mol. The molecule has 0 aliphatic heterocycles. The van der Waals surface area contributed by atoms with Crippen molar-refractivity contribution in [2.75, 3.05) is 26.1 Å². The average Bonchev–Trinajstić information content (AvgIpc) is 2.58. The fourth-order valence-corrected chi connectivity index (χ4v) is 2.25. The number of methoxy groups -OCH3 is 2. The van der Waals surface area contributed by atoms with Crippen molar-refractivity contribution in [3.8, 4) is 5.75 Å². The summed E-state index contributed by atoms with van der Waals surface area (Å²) in [6.45, 7) is 0.857. The van der Waals surface area contributed by atoms with Gasteiger partial charge in [0.15, 0.2) is 0 Å². The van der Waals surface area contributed by atoms with Crippen LogP contribution in [0, 0.1) is 0 Å². The summed E-state index contributed by atoms with van der Waals surface area (Å²) in [4.78, 5) is 11.6. The van der Waals surface area contributed by atoms with E-state index in [2.05, 4.69) is 29.6 Å². The zero-order valence-electron chi connectivity index (χ0n) is 13.0. The van der Waals surface area contributed by atoms with Crippen LogP contribution in [-0.2, 0) is 11.2 Å². The van der Waals surface area contributed by atoms with Gasteiger partial charge in [-0.2, -0.15) is 0 Å². The Hall–Kier alpha value is -2.49. The van der Waals surface area contributed by atoms with Gasteiger partial charge in [-0.1, -0.05) is 30.3 Å². The van der Waals surface area contributed by atoms with E-state index in [1.807, 2.05) is 18.2 Å². The first-order valence-corrected chi connectivity index (χ1v) is 7.28. The lowest BCUT2D eigenvalue weighted by Gasteiger charge is -2.11. The molecule has 0 bridgehead atoms. The summed E-state index contributed by atoms with van der Waals surface area (Å²) in [7, 11) is 2.90. The van der Waals surface area contributed by atoms with Crippen LogP contribution >= 0.6 is 0 Å². The van der Waals surface area contributed by atoms with Crippen LogP contribution in [-0.4, -0.2) is 26.7 Å². The van der Waals surface area contributed by atoms with Crippen LogP contribution in [0.3, 0.4) is 0 Å². The molecule has 0 aliphatic carbocycles. The van der Waals surface area contributed by atoms with E-state index < -0.39 is 5.97 Å². The Morgan fingerprint density at radius 1 is 1.09 bits per heavy atom. The highest BCUT2D eigenvalue weighted by Crippen LogP contribution is 2.23. The van der Waals surface area contributed by atoms with E-state index in [9.17, 15) is 4.79 Å². The molecule has 0 saturated carbocycles. The van der Waals surface area contributed by atoms with E-state index in [-0.39, 0.29) is 0 Å². The summed E-state index contributed by atoms with van der Waals surface area (Å²) in [6, 6.07) is 15.8. The number of nitrogens with one attached hydrogen (secondary N) is 1. The molecule has 0 heterocycles. The number of ether oxygens (including phenoxy) is 2. The zero-order chi connectivity index (χ0) is 15.8. The third-order valence-corrected chi connectivity index (χ3v) is 3.42. The molecule has 22 heavy (non-hydrogen) atoms. The van der Waals surface area contributed by atoms with Crippen molar-refractivity contribution >= 4 is 11.7 Å². The van der Waals surface area contributed by atoms with Gasteiger partial charge < -0.3 is 14.8 Å². The van der Waals surface area contributed by atoms with Crippen molar-refractivity contribution in [2.24, 2.45) is 0 Å². The molecule has 0 atom stereocenters. The number of carbonyl (C=O) groups excluding carboxylic acids is 1. The lowest BCUT2D eigenvalue weighted by atomic mass is 10.1. The summed E-state index contributed by atoms with van der Waals surface area (Å²) < 4.78 is 9.97. The highest BCUT2D eigenvalue weighted by Gasteiger charge is 2.12. The average molecular weight is 299 g/mol. The number of aryl methyl sites for hydroxylation is 1. The van der Waals surface area contributed by atoms with E-state index in [1.54, 1.807) is 13.2 Å². The van der Waals surface area contributed by atoms with Crippen LogP contribution < -0.4 is 10.1 Å². The minimum Gasteiger partial charge on any atom is -0.496 e. The van der Waals surface area contributed by atoms with E-state index in [0.29, 0.717) is 11.3 Å². The standard InChI is InChI=1S/C18H21NO3/c1-21-17-13-15(10-11-16(17)18(20)22-2)19-12-6-9-14-7-4-3-5-8-14/h3-5,7-8,10-11,13,19H,6,9,12H2,1-2H3. The summed E-state index contributed by atoms with van der Waals surface area (Å²) in [5.41, 5.74) is 2.69. The number of anilines is 1. The molecule has 0 radical (unpaired) electrons. The van der Waals surface area contributed by atoms with Crippen LogP contribution in [0.25, 0.3) is 0 Å². The van der Waals surface area contributed by atoms with Gasteiger partial charge in [0.2, 0.25) is 0 Å². The molecular formula is C18H21NO3. The van der Waals surface area contributed by atoms with Crippen molar-refractivity contribution in [1.82, 2.24) is 0 Å². The van der Waals surface area contributed by atoms with Crippen LogP contribution in [0.1, 0.15) is 22.3 Å². The van der Waals surface area contributed by atoms with Crippen molar-refractivity contribution in [2.45, 2.75) is 12.8 Å². The van der Waals surface area contributed by atoms with Crippen LogP contribution in [0.15, 0.2) is 48.5 Å². The fourth-order valence-electron chi connectivity index (χ4n) is 2.25. The summed E-state index contributed by atoms with van der Waals surface area (Å²) in [5.74, 6) is 0.118. The minimum absolute atomic E-state index is 0.396. The first-order valence-electron chi connectivity index (χ1n) is 7.28. The second-order valence-electron chi connectivity index (χ2n) is 4.92. The number of carbonyl (C=O) groups is 1. The maximum Gasteiger partial charge on any atom is 0.341 e. The second kappa shape index (κ2) is 8.08. The van der Waals surface area contributed by atoms with Gasteiger partial charge in [0.1, 0.15) is 11.3 Å². The molecular weight excluding hydrogens is 278 g/mol. The van der Waals surface area contributed by atoms with Crippen LogP contribution in [0.4, 0.5) is 5.69 Å². The smallest absolute Gasteiger partial charge is 0.341 e. The second-order valence-corrected chi connectivity index (χ2v) is 4.92. The van der Waals surface area contributed by atoms with Gasteiger partial charge in [-0.3, -0.25) is 0 Å². The quantitative estimate of drug-likeness (QED) is 0.627. The Labute approximate surface area is 131 Å². The Bertz CT molecular complexity index is 611. The number of esters is 1. The Kier molecular flexibility index (Phi) is 5.83. The lowest BCUT2D eigenvalue weighted by molar-refractivity contribution is 0.0597. The van der Waals surface area contributed by atoms with E-state index in [0.717, 1.165) is 25.1 Å². The highest BCUT2D eigenvalue weighted by molar-refractivity contribution is 5.93. The number of hydrogen-bond donors (Lipinski definition) is 1. The van der Waals surface area contributed by atoms with Gasteiger partial charge >= 0.3 is 5.97 Å². The Morgan fingerprint density at radius 2 is 1.86 bits per heavy atom. The predicted octanol–water partition coefficient (Wildman–Crippen LogP) is 3.53. The third-order valence-electron chi connectivity index (χ3n) is 3.42. The summed E-state index contributed by atoms with van der Waals surface area (Å²) in [6.07, 6.45) is 2.07. The summed E-state index contributed by atoms with van der Waals surface area (Å²) in [5, 5.41) is 3.34. The van der Waals surface area contributed by atoms with Gasteiger partial charge in [-0.15, -0.1) is 0 Å². The first-order chi connectivity index (χ1) is 10.7. The molecule has 1 N–H and O–H groups in total. The topological polar surface area (TPSA) is 47.6 Å². The van der Waals surface area contributed by atoms with Gasteiger partial charge in [-0.25, -0.2) is 4.79 Å². The fraction of sp³-hybridized carbons (Fsp3) is 0.278. The first kappa shape index (κ1) is 15.9. The normalized spacial score (nSPS) is 10.1. The van der Waals surface area contributed by atoms with Gasteiger partial charge in [-0.05, 0) is 30.5 Å². The van der Waals surface area contributed by atoms with Crippen LogP contribution in [0.2, 0.25) is 0 Å². The molecule has 0 aliphatic rings. The van der Waals surface area contributed by atoms with Gasteiger partial charge in [0, 0.05) is 18.3 Å². The van der Waals surface area contributed by atoms with Crippen molar-refractivity contribution in [1.29, 1.82) is 0 Å². The van der Waals surface area contributed by atoms with E-state index in [1.165, 1.54) is 12.7 Å². The molecule has 4 heteroatoms. The SMILES string of the molecule is COC(=O)c1ccc(NCCCc2ccccc2)cc1OC. The molecule has 0 unspecified atom stereocenters. The maximum atomic E-state index is 11.6. The van der Waals surface area contributed by atoms with Crippen molar-refractivity contribution < 1.29 is 14.3 Å². The van der Waals surface area contributed by atoms with Gasteiger partial charge in [0.25, 0.3) is 0 Å². The Morgan fingerprint density at radius 3 is 2.55 bits per heavy atom. The van der Waals surface area contributed by atoms with Crippen LogP contribution in [0.5, 0.6) is 5.75 Å². The molecule has 116 valence electrons. The van der Waals surface area contributed by atoms with Crippen molar-refractivity contribution in [3.63, 3.8) is 0 Å². The molecule has 4 nitrogen and oxygen atoms in total. The molecule has 0 spiro atoms. The lowest BCUT2D eigenvalue weighted by Crippen LogP contribution is -2.06. The summed E-state index contributed by atoms with van der Waals surface area (Å²) >= 11 is 0. The molecule has 2 aromatic rings. The molecule has 0 fully saturated rings. The van der Waals surface area contributed by atoms with Gasteiger partial charge in [0.05, 0.1) is 14.2 Å². The number of hydrogen-bond acceptors (Lipinski definition) is 4. The maximum absolute atomic E-state index is 11.6. The monoisotopic (exact) mass is 299 g/mol. The molecule has 0 saturated heterocycles. The van der Waals surface area contributed by atoms with E-state index >= 15 is 0 Å². The minimum atomic E-state index is -0.396. The largest absolute Gasteiger partial charge is 0.496 e. The number of rotatable bonds is 7. The third kappa shape index (κ3) is 4.25. The Balaban J connectivity index is 1.89. The zero-order valence-corrected chi connectivity index (χ0v) is 13.0. The molecule has 0 amide bonds. The molecule has 2 aromatic carbocycles. The van der Waals surface area contributed by atoms with Crippen molar-refractivity contribution in [3.05, 3.63) is 59.7 Å². The molecule has 0 aromatic heterocycles. The highest BCUT2D eigenvalue weighted by atomic mass is 16.5.